The van der Waals surface area contributed by atoms with Crippen LogP contribution >= 0.6 is 0 Å². The van der Waals surface area contributed by atoms with E-state index in [-0.39, 0.29) is 12.0 Å². The first kappa shape index (κ1) is 27.4. The molecule has 0 unspecified atom stereocenters. The van der Waals surface area contributed by atoms with Crippen LogP contribution in [-0.4, -0.2) is 70.3 Å². The van der Waals surface area contributed by atoms with Crippen LogP contribution < -0.4 is 0 Å². The van der Waals surface area contributed by atoms with Gasteiger partial charge in [0, 0.05) is 38.6 Å². The normalized spacial score (nSPS) is 25.8. The number of rotatable bonds is 10. The van der Waals surface area contributed by atoms with Crippen molar-refractivity contribution in [2.24, 2.45) is 11.8 Å². The number of likely N-dealkylation sites (tertiary alicyclic amines) is 2. The van der Waals surface area contributed by atoms with E-state index in [9.17, 15) is 15.0 Å². The molecule has 206 valence electrons. The molecule has 2 heterocycles. The molecule has 5 rings (SSSR count). The van der Waals surface area contributed by atoms with E-state index in [4.69, 9.17) is 0 Å². The topological polar surface area (TPSA) is 64.0 Å². The zero-order chi connectivity index (χ0) is 26.4. The molecule has 0 aromatic heterocycles. The number of benzene rings is 2. The second-order valence-corrected chi connectivity index (χ2v) is 12.3. The molecule has 0 spiro atoms. The smallest absolute Gasteiger partial charge is 0.321 e. The summed E-state index contributed by atoms with van der Waals surface area (Å²) in [6.07, 6.45) is 10.2. The van der Waals surface area contributed by atoms with Gasteiger partial charge < -0.3 is 15.1 Å². The highest BCUT2D eigenvalue weighted by Crippen LogP contribution is 2.39. The monoisotopic (exact) mass is 518 g/mol. The third-order valence-electron chi connectivity index (χ3n) is 9.67. The van der Waals surface area contributed by atoms with E-state index >= 15 is 0 Å². The van der Waals surface area contributed by atoms with Gasteiger partial charge in [0.1, 0.15) is 6.04 Å². The molecule has 2 aromatic carbocycles. The summed E-state index contributed by atoms with van der Waals surface area (Å²) in [5.74, 6) is 0.403. The molecule has 0 amide bonds. The first-order valence-electron chi connectivity index (χ1n) is 15.0. The third-order valence-corrected chi connectivity index (χ3v) is 9.67. The number of carboxylic acids is 1. The Kier molecular flexibility index (Phi) is 9.19. The van der Waals surface area contributed by atoms with Crippen LogP contribution in [-0.2, 0) is 11.2 Å². The number of piperidine rings is 1. The van der Waals surface area contributed by atoms with Crippen LogP contribution in [0.4, 0.5) is 0 Å². The van der Waals surface area contributed by atoms with Gasteiger partial charge >= 0.3 is 5.97 Å². The molecular formula is C33H46N2O3. The average molecular weight is 519 g/mol. The van der Waals surface area contributed by atoms with Crippen LogP contribution in [0, 0.1) is 11.8 Å². The number of carboxylic acid groups (broad SMARTS) is 1. The lowest BCUT2D eigenvalue weighted by molar-refractivity contribution is -0.145. The zero-order valence-electron chi connectivity index (χ0n) is 22.9. The minimum absolute atomic E-state index is 0.275. The third kappa shape index (κ3) is 6.86. The van der Waals surface area contributed by atoms with Crippen molar-refractivity contribution in [1.82, 2.24) is 9.80 Å². The van der Waals surface area contributed by atoms with Crippen molar-refractivity contribution in [1.29, 1.82) is 0 Å². The van der Waals surface area contributed by atoms with Gasteiger partial charge in [-0.15, -0.1) is 0 Å². The highest BCUT2D eigenvalue weighted by molar-refractivity contribution is 5.74. The van der Waals surface area contributed by atoms with Gasteiger partial charge in [-0.3, -0.25) is 9.69 Å². The fraction of sp³-hybridized carbons (Fsp3) is 0.606. The Bertz CT molecular complexity index is 999. The maximum absolute atomic E-state index is 12.5. The highest BCUT2D eigenvalue weighted by Gasteiger charge is 2.43. The molecule has 3 fully saturated rings. The lowest BCUT2D eigenvalue weighted by Gasteiger charge is -2.40. The molecule has 2 aliphatic heterocycles. The van der Waals surface area contributed by atoms with Crippen LogP contribution in [0.15, 0.2) is 60.7 Å². The van der Waals surface area contributed by atoms with Crippen LogP contribution in [0.3, 0.4) is 0 Å². The van der Waals surface area contributed by atoms with Gasteiger partial charge in [-0.05, 0) is 67.9 Å². The molecule has 2 aromatic rings. The van der Waals surface area contributed by atoms with Gasteiger partial charge in [-0.25, -0.2) is 0 Å². The van der Waals surface area contributed by atoms with Crippen molar-refractivity contribution in [2.45, 2.75) is 81.8 Å². The molecule has 1 aliphatic carbocycles. The van der Waals surface area contributed by atoms with Gasteiger partial charge in [0.25, 0.3) is 0 Å². The first-order valence-corrected chi connectivity index (χ1v) is 15.0. The maximum atomic E-state index is 12.5. The van der Waals surface area contributed by atoms with E-state index in [2.05, 4.69) is 70.5 Å². The second kappa shape index (κ2) is 12.8. The predicted octanol–water partition coefficient (Wildman–Crippen LogP) is 5.59. The van der Waals surface area contributed by atoms with Gasteiger partial charge in [0.15, 0.2) is 0 Å². The summed E-state index contributed by atoms with van der Waals surface area (Å²) in [6, 6.07) is 20.9. The van der Waals surface area contributed by atoms with E-state index < -0.39 is 11.6 Å². The number of aliphatic carboxylic acids is 1. The van der Waals surface area contributed by atoms with Crippen LogP contribution in [0.1, 0.15) is 74.8 Å². The zero-order valence-corrected chi connectivity index (χ0v) is 22.9. The van der Waals surface area contributed by atoms with Crippen LogP contribution in [0.25, 0.3) is 0 Å². The van der Waals surface area contributed by atoms with E-state index in [1.165, 1.54) is 17.5 Å². The predicted molar refractivity (Wildman–Crippen MR) is 152 cm³/mol. The Morgan fingerprint density at radius 3 is 2.24 bits per heavy atom. The standard InChI is InChI=1S/C33H46N2O3/c36-32(37)31(28-16-8-3-9-17-28)35-24-29(30(25-35)27-14-6-2-7-15-27)23-34-21-19-33(38,20-22-34)18-10-13-26-11-4-1-5-12-26/h1-2,4-7,11-12,14-15,28-31,38H,3,8-10,13,16-25H2,(H,36,37)/t29-,30+,31-/m0/s1. The van der Waals surface area contributed by atoms with Gasteiger partial charge in [-0.1, -0.05) is 79.9 Å². The molecule has 38 heavy (non-hydrogen) atoms. The van der Waals surface area contributed by atoms with Gasteiger partial charge in [0.2, 0.25) is 0 Å². The Morgan fingerprint density at radius 1 is 0.921 bits per heavy atom. The maximum Gasteiger partial charge on any atom is 0.321 e. The molecular weight excluding hydrogens is 472 g/mol. The minimum atomic E-state index is -0.636. The van der Waals surface area contributed by atoms with Gasteiger partial charge in [0.05, 0.1) is 5.60 Å². The molecule has 5 heteroatoms. The number of hydrogen-bond acceptors (Lipinski definition) is 4. The van der Waals surface area contributed by atoms with Crippen molar-refractivity contribution < 1.29 is 15.0 Å². The van der Waals surface area contributed by atoms with E-state index in [1.807, 2.05) is 0 Å². The Morgan fingerprint density at radius 2 is 1.58 bits per heavy atom. The molecule has 1 saturated carbocycles. The van der Waals surface area contributed by atoms with Crippen molar-refractivity contribution >= 4 is 5.97 Å². The number of nitrogens with zero attached hydrogens (tertiary/aromatic N) is 2. The summed E-state index contributed by atoms with van der Waals surface area (Å²) in [6.45, 7) is 4.51. The summed E-state index contributed by atoms with van der Waals surface area (Å²) >= 11 is 0. The highest BCUT2D eigenvalue weighted by atomic mass is 16.4. The molecule has 2 N–H and O–H groups in total. The lowest BCUT2D eigenvalue weighted by Crippen LogP contribution is -2.47. The fourth-order valence-corrected chi connectivity index (χ4v) is 7.50. The average Bonchev–Trinajstić information content (AvgIpc) is 3.34. The summed E-state index contributed by atoms with van der Waals surface area (Å²) < 4.78 is 0. The van der Waals surface area contributed by atoms with E-state index in [0.29, 0.717) is 11.8 Å². The summed E-state index contributed by atoms with van der Waals surface area (Å²) in [4.78, 5) is 17.3. The second-order valence-electron chi connectivity index (χ2n) is 12.3. The summed E-state index contributed by atoms with van der Waals surface area (Å²) in [5.41, 5.74) is 2.13. The number of carbonyl (C=O) groups is 1. The molecule has 3 atom stereocenters. The molecule has 3 aliphatic rings. The van der Waals surface area contributed by atoms with E-state index in [1.54, 1.807) is 0 Å². The quantitative estimate of drug-likeness (QED) is 0.430. The molecule has 0 radical (unpaired) electrons. The molecule has 0 bridgehead atoms. The van der Waals surface area contributed by atoms with Gasteiger partial charge in [-0.2, -0.15) is 0 Å². The largest absolute Gasteiger partial charge is 0.480 e. The Balaban J connectivity index is 1.20. The molecule has 5 nitrogen and oxygen atoms in total. The Hall–Kier alpha value is -2.21. The van der Waals surface area contributed by atoms with E-state index in [0.717, 1.165) is 90.5 Å². The van der Waals surface area contributed by atoms with Crippen molar-refractivity contribution in [3.63, 3.8) is 0 Å². The van der Waals surface area contributed by atoms with Crippen LogP contribution in [0.5, 0.6) is 0 Å². The number of aliphatic hydroxyl groups is 1. The minimum Gasteiger partial charge on any atom is -0.480 e. The first-order chi connectivity index (χ1) is 18.5. The summed E-state index contributed by atoms with van der Waals surface area (Å²) in [5, 5.41) is 21.5. The van der Waals surface area contributed by atoms with Crippen LogP contribution in [0.2, 0.25) is 0 Å². The number of hydrogen-bond donors (Lipinski definition) is 2. The SMILES string of the molecule is O=C(O)[C@H](C1CCCCC1)N1C[C@H](CN2CCC(O)(CCCc3ccccc3)CC2)[C@@H](c2ccccc2)C1. The fourth-order valence-electron chi connectivity index (χ4n) is 7.50. The lowest BCUT2D eigenvalue weighted by atomic mass is 9.83. The summed E-state index contributed by atoms with van der Waals surface area (Å²) in [7, 11) is 0. The van der Waals surface area contributed by atoms with Crippen molar-refractivity contribution in [3.05, 3.63) is 71.8 Å². The van der Waals surface area contributed by atoms with Crippen molar-refractivity contribution in [3.8, 4) is 0 Å². The molecule has 2 saturated heterocycles. The van der Waals surface area contributed by atoms with Crippen molar-refractivity contribution in [2.75, 3.05) is 32.7 Å². The Labute approximate surface area is 228 Å². The number of aryl methyl sites for hydroxylation is 1.